The number of aliphatic hydroxyl groups excluding tert-OH is 15. The van der Waals surface area contributed by atoms with Crippen molar-refractivity contribution < 1.29 is 134 Å². The molecular weight excluding hydrogens is 830 g/mol. The Morgan fingerprint density at radius 1 is 0.417 bits per heavy atom. The number of rotatable bonds is 16. The van der Waals surface area contributed by atoms with E-state index in [9.17, 15) is 86.5 Å². The third-order valence-corrected chi connectivity index (χ3v) is 10.7. The zero-order chi connectivity index (χ0) is 44.3. The van der Waals surface area contributed by atoms with Crippen molar-refractivity contribution in [2.45, 2.75) is 154 Å². The highest BCUT2D eigenvalue weighted by atomic mass is 16.8. The van der Waals surface area contributed by atoms with Gasteiger partial charge in [-0.2, -0.15) is 0 Å². The molecule has 0 bridgehead atoms. The fourth-order valence-electron chi connectivity index (χ4n) is 7.31. The highest BCUT2D eigenvalue weighted by Gasteiger charge is 2.57. The summed E-state index contributed by atoms with van der Waals surface area (Å²) < 4.78 is 54.4. The lowest BCUT2D eigenvalue weighted by molar-refractivity contribution is -0.391. The van der Waals surface area contributed by atoms with Gasteiger partial charge in [-0.3, -0.25) is 0 Å². The fraction of sp³-hybridized carbons (Fsp3) is 0.969. The average molecular weight is 886 g/mol. The molecule has 10 unspecified atom stereocenters. The van der Waals surface area contributed by atoms with E-state index in [2.05, 4.69) is 0 Å². The molecule has 28 nitrogen and oxygen atoms in total. The summed E-state index contributed by atoms with van der Waals surface area (Å²) in [6, 6.07) is 0. The first-order valence-electron chi connectivity index (χ1n) is 18.8. The molecule has 5 aliphatic rings. The van der Waals surface area contributed by atoms with Crippen molar-refractivity contribution >= 4 is 5.97 Å². The van der Waals surface area contributed by atoms with Crippen molar-refractivity contribution in [1.29, 1.82) is 0 Å². The Labute approximate surface area is 338 Å². The summed E-state index contributed by atoms with van der Waals surface area (Å²) in [6.45, 7) is -3.73. The van der Waals surface area contributed by atoms with Gasteiger partial charge in [0, 0.05) is 6.54 Å². The summed E-state index contributed by atoms with van der Waals surface area (Å²) in [5, 5.41) is 167. The van der Waals surface area contributed by atoms with Gasteiger partial charge in [0.15, 0.2) is 37.6 Å². The van der Waals surface area contributed by atoms with Crippen LogP contribution in [0.15, 0.2) is 0 Å². The first kappa shape index (κ1) is 49.4. The number of aliphatic carboxylic acids is 1. The summed E-state index contributed by atoms with van der Waals surface area (Å²) >= 11 is 0. The van der Waals surface area contributed by atoms with E-state index in [0.29, 0.717) is 0 Å². The first-order chi connectivity index (χ1) is 28.4. The lowest BCUT2D eigenvalue weighted by atomic mass is 9.95. The van der Waals surface area contributed by atoms with Crippen LogP contribution in [0.1, 0.15) is 0 Å². The highest BCUT2D eigenvalue weighted by molar-refractivity contribution is 5.73. The number of carboxylic acids is 1. The summed E-state index contributed by atoms with van der Waals surface area (Å²) in [4.78, 5) is 12.2. The molecule has 28 heteroatoms. The van der Waals surface area contributed by atoms with Crippen LogP contribution < -0.4 is 5.73 Å². The third-order valence-electron chi connectivity index (χ3n) is 10.7. The molecule has 5 saturated heterocycles. The Morgan fingerprint density at radius 2 is 0.733 bits per heavy atom. The summed E-state index contributed by atoms with van der Waals surface area (Å²) in [7, 11) is 0. The fourth-order valence-corrected chi connectivity index (χ4v) is 7.31. The average Bonchev–Trinajstić information content (AvgIpc) is 3.23. The van der Waals surface area contributed by atoms with E-state index in [1.807, 2.05) is 0 Å². The van der Waals surface area contributed by atoms with Gasteiger partial charge >= 0.3 is 5.97 Å². The quantitative estimate of drug-likeness (QED) is 0.0684. The third kappa shape index (κ3) is 10.2. The highest BCUT2D eigenvalue weighted by Crippen LogP contribution is 2.35. The van der Waals surface area contributed by atoms with E-state index in [1.54, 1.807) is 0 Å². The Kier molecular flexibility index (Phi) is 17.6. The van der Waals surface area contributed by atoms with Crippen LogP contribution in [0.4, 0.5) is 0 Å². The zero-order valence-electron chi connectivity index (χ0n) is 31.4. The van der Waals surface area contributed by atoms with E-state index in [1.165, 1.54) is 0 Å². The second-order valence-corrected chi connectivity index (χ2v) is 14.6. The number of carboxylic acid groups (broad SMARTS) is 1. The van der Waals surface area contributed by atoms with Crippen molar-refractivity contribution in [3.05, 3.63) is 0 Å². The molecule has 5 heterocycles. The molecule has 60 heavy (non-hydrogen) atoms. The van der Waals surface area contributed by atoms with Crippen molar-refractivity contribution in [2.75, 3.05) is 39.6 Å². The number of ether oxygens (including phenoxy) is 10. The van der Waals surface area contributed by atoms with Crippen molar-refractivity contribution in [3.8, 4) is 0 Å². The number of carbonyl (C=O) groups is 1. The largest absolute Gasteiger partial charge is 0.479 e. The molecule has 0 aromatic carbocycles. The molecule has 0 aromatic rings. The molecule has 0 aliphatic carbocycles. The van der Waals surface area contributed by atoms with E-state index in [0.717, 1.165) is 0 Å². The number of hydrogen-bond acceptors (Lipinski definition) is 27. The predicted octanol–water partition coefficient (Wildman–Crippen LogP) is -11.8. The number of nitrogens with two attached hydrogens (primary N) is 1. The van der Waals surface area contributed by atoms with Gasteiger partial charge in [-0.1, -0.05) is 0 Å². The van der Waals surface area contributed by atoms with Crippen LogP contribution in [0.25, 0.3) is 0 Å². The van der Waals surface area contributed by atoms with Crippen LogP contribution in [0.3, 0.4) is 0 Å². The molecule has 0 spiro atoms. The van der Waals surface area contributed by atoms with Crippen LogP contribution >= 0.6 is 0 Å². The maximum atomic E-state index is 12.2. The maximum Gasteiger partial charge on any atom is 0.335 e. The van der Waals surface area contributed by atoms with Gasteiger partial charge in [-0.15, -0.1) is 0 Å². The van der Waals surface area contributed by atoms with Gasteiger partial charge in [-0.25, -0.2) is 4.79 Å². The van der Waals surface area contributed by atoms with E-state index >= 15 is 0 Å². The molecule has 5 aliphatic heterocycles. The van der Waals surface area contributed by atoms with Crippen LogP contribution in [0.5, 0.6) is 0 Å². The number of aliphatic hydroxyl groups is 15. The molecule has 0 radical (unpaired) electrons. The SMILES string of the molecule is NCCO[C@H]1OC(CO)[C@H](O[C@H]2OC(CO)[C@@H](O[C@@H]3OC(CO)[C@@H](O[C@@H]4OC(C(=O)O)[C@@H](O[C@H]5OC(CO)[C@@H](O)[C@H](O)C5O)[C@H](O)C4O)[C@H](O)C3O)[C@H](O)C2O)[C@H](O)C1O. The second kappa shape index (κ2) is 21.4. The molecule has 0 saturated carbocycles. The van der Waals surface area contributed by atoms with Crippen molar-refractivity contribution in [2.24, 2.45) is 5.73 Å². The van der Waals surface area contributed by atoms with E-state index in [4.69, 9.17) is 53.1 Å². The van der Waals surface area contributed by atoms with Crippen LogP contribution in [-0.2, 0) is 52.2 Å². The minimum Gasteiger partial charge on any atom is -0.479 e. The molecule has 5 fully saturated rings. The Morgan fingerprint density at radius 3 is 1.12 bits per heavy atom. The minimum atomic E-state index is -2.25. The van der Waals surface area contributed by atoms with Gasteiger partial charge in [0.1, 0.15) is 116 Å². The van der Waals surface area contributed by atoms with Gasteiger partial charge < -0.3 is 135 Å². The molecular formula is C32H55NO27. The van der Waals surface area contributed by atoms with Crippen LogP contribution in [0.2, 0.25) is 0 Å². The molecule has 0 amide bonds. The van der Waals surface area contributed by atoms with Gasteiger partial charge in [0.05, 0.1) is 33.0 Å². The summed E-state index contributed by atoms with van der Waals surface area (Å²) in [5.41, 5.74) is 5.39. The lowest BCUT2D eigenvalue weighted by Crippen LogP contribution is -2.68. The predicted molar refractivity (Wildman–Crippen MR) is 180 cm³/mol. The molecule has 5 rings (SSSR count). The smallest absolute Gasteiger partial charge is 0.335 e. The van der Waals surface area contributed by atoms with Crippen molar-refractivity contribution in [1.82, 2.24) is 0 Å². The molecule has 0 aromatic heterocycles. The molecule has 350 valence electrons. The minimum absolute atomic E-state index is 0.0344. The van der Waals surface area contributed by atoms with Gasteiger partial charge in [0.25, 0.3) is 0 Å². The monoisotopic (exact) mass is 885 g/mol. The molecule has 18 N–H and O–H groups in total. The summed E-state index contributed by atoms with van der Waals surface area (Å²) in [6.07, 6.45) is -47.7. The van der Waals surface area contributed by atoms with Crippen LogP contribution in [0, 0.1) is 0 Å². The van der Waals surface area contributed by atoms with E-state index in [-0.39, 0.29) is 13.2 Å². The first-order valence-corrected chi connectivity index (χ1v) is 18.8. The zero-order valence-corrected chi connectivity index (χ0v) is 31.4. The Balaban J connectivity index is 1.23. The second-order valence-electron chi connectivity index (χ2n) is 14.6. The summed E-state index contributed by atoms with van der Waals surface area (Å²) in [5.74, 6) is -1.84. The maximum absolute atomic E-state index is 12.2. The Hall–Kier alpha value is -1.57. The normalized spacial score (nSPS) is 50.4. The Bertz CT molecular complexity index is 1330. The molecule has 25 atom stereocenters. The standard InChI is InChI=1S/C32H55NO27/c33-1-2-51-28-18(45)13(40)22(8(4-35)53-28)56-30-19(46)14(41)23(9(5-36)54-30)57-31-20(47)15(42)24(10(6-37)55-31)58-32-21(48)16(43)25(26(60-32)27(49)50)59-29-17(44)12(39)11(38)7(3-34)52-29/h7-26,28-32,34-48H,1-6,33H2,(H,49,50)/t7?,8?,9?,10?,11-,12+,13-,14-,15-,16-,17?,18?,19?,20?,21?,22+,23-,24-,25+,26?,28+,29-,30-,31+,32-/m1/s1. The van der Waals surface area contributed by atoms with Gasteiger partial charge in [-0.05, 0) is 0 Å². The topological polar surface area (TPSA) is 459 Å². The van der Waals surface area contributed by atoms with Gasteiger partial charge in [0.2, 0.25) is 0 Å². The van der Waals surface area contributed by atoms with Crippen molar-refractivity contribution in [3.63, 3.8) is 0 Å². The van der Waals surface area contributed by atoms with Crippen LogP contribution in [-0.4, -0.2) is 281 Å². The lowest BCUT2D eigenvalue weighted by Gasteiger charge is -2.49. The number of hydrogen-bond donors (Lipinski definition) is 17. The van der Waals surface area contributed by atoms with E-state index < -0.39 is 186 Å².